The van der Waals surface area contributed by atoms with Gasteiger partial charge in [-0.2, -0.15) is 4.68 Å². The second kappa shape index (κ2) is 8.02. The molecule has 146 valence electrons. The lowest BCUT2D eigenvalue weighted by atomic mass is 10.1. The van der Waals surface area contributed by atoms with Gasteiger partial charge < -0.3 is 10.6 Å². The van der Waals surface area contributed by atoms with Crippen molar-refractivity contribution < 1.29 is 14.0 Å². The van der Waals surface area contributed by atoms with Crippen molar-refractivity contribution >= 4 is 56.6 Å². The molecule has 2 heterocycles. The second-order valence-electron chi connectivity index (χ2n) is 6.13. The summed E-state index contributed by atoms with van der Waals surface area (Å²) < 4.78 is 14.9. The molecule has 4 rings (SSSR count). The number of fused-ring (bicyclic) bond motifs is 1. The lowest BCUT2D eigenvalue weighted by molar-refractivity contribution is -0.115. The maximum atomic E-state index is 13.8. The number of thiophene rings is 1. The Balaban J connectivity index is 1.56. The number of hydrogen-bond donors (Lipinski definition) is 2. The Hall–Kier alpha value is -3.23. The van der Waals surface area contributed by atoms with Crippen LogP contribution in [0.1, 0.15) is 5.56 Å². The summed E-state index contributed by atoms with van der Waals surface area (Å²) in [6, 6.07) is 14.2. The molecule has 2 N–H and O–H groups in total. The van der Waals surface area contributed by atoms with Crippen molar-refractivity contribution in [1.82, 2.24) is 9.78 Å². The van der Waals surface area contributed by atoms with Gasteiger partial charge in [-0.15, -0.1) is 16.4 Å². The van der Waals surface area contributed by atoms with Crippen molar-refractivity contribution in [1.29, 1.82) is 0 Å². The molecule has 0 atom stereocenters. The summed E-state index contributed by atoms with van der Waals surface area (Å²) in [5, 5.41) is 12.4. The predicted octanol–water partition coefficient (Wildman–Crippen LogP) is 5.15. The first-order valence-electron chi connectivity index (χ1n) is 8.58. The van der Waals surface area contributed by atoms with Gasteiger partial charge in [0, 0.05) is 0 Å². The minimum absolute atomic E-state index is 0.142. The number of carbonyl (C=O) groups is 2. The van der Waals surface area contributed by atoms with Gasteiger partial charge in [0.05, 0.1) is 22.5 Å². The monoisotopic (exact) mass is 428 g/mol. The third-order valence-electron chi connectivity index (χ3n) is 4.17. The normalized spacial score (nSPS) is 10.8. The van der Waals surface area contributed by atoms with Crippen LogP contribution in [0.2, 0.25) is 5.02 Å². The van der Waals surface area contributed by atoms with E-state index in [1.165, 1.54) is 22.1 Å². The minimum atomic E-state index is -0.514. The Labute approximate surface area is 173 Å². The molecular weight excluding hydrogens is 415 g/mol. The lowest BCUT2D eigenvalue weighted by Crippen LogP contribution is -2.21. The SMILES string of the molecule is O=C(Cc1ccccc1F)Nc1nn(C(=O)Nc2ccccc2Cl)c2sccc12. The maximum absolute atomic E-state index is 13.8. The molecule has 0 aliphatic rings. The van der Waals surface area contributed by atoms with Crippen molar-refractivity contribution in [2.75, 3.05) is 10.6 Å². The zero-order valence-electron chi connectivity index (χ0n) is 14.9. The quantitative estimate of drug-likeness (QED) is 0.472. The first-order valence-corrected chi connectivity index (χ1v) is 9.84. The van der Waals surface area contributed by atoms with Crippen LogP contribution in [0.5, 0.6) is 0 Å². The van der Waals surface area contributed by atoms with Gasteiger partial charge in [-0.1, -0.05) is 41.9 Å². The molecule has 2 amide bonds. The van der Waals surface area contributed by atoms with Gasteiger partial charge in [0.25, 0.3) is 0 Å². The Morgan fingerprint density at radius 1 is 1.07 bits per heavy atom. The lowest BCUT2D eigenvalue weighted by Gasteiger charge is -2.07. The van der Waals surface area contributed by atoms with Gasteiger partial charge >= 0.3 is 6.03 Å². The number of hydrogen-bond acceptors (Lipinski definition) is 4. The number of anilines is 2. The summed E-state index contributed by atoms with van der Waals surface area (Å²) in [5.41, 5.74) is 0.729. The van der Waals surface area contributed by atoms with E-state index in [9.17, 15) is 14.0 Å². The van der Waals surface area contributed by atoms with Crippen LogP contribution in [0.15, 0.2) is 60.0 Å². The molecule has 2 aromatic heterocycles. The van der Waals surface area contributed by atoms with Crippen molar-refractivity contribution in [2.45, 2.75) is 6.42 Å². The molecule has 0 saturated heterocycles. The van der Waals surface area contributed by atoms with E-state index in [0.717, 1.165) is 0 Å². The molecular formula is C20H14ClFN4O2S. The number of benzene rings is 2. The number of halogens is 2. The average Bonchev–Trinajstić information content (AvgIpc) is 3.29. The number of nitrogens with one attached hydrogen (secondary N) is 2. The standard InChI is InChI=1S/C20H14ClFN4O2S/c21-14-6-2-4-8-16(14)23-20(28)26-19-13(9-10-29-19)18(25-26)24-17(27)11-12-5-1-3-7-15(12)22/h1-10H,11H2,(H,23,28)(H,24,25,27). The molecule has 0 aliphatic carbocycles. The van der Waals surface area contributed by atoms with Crippen LogP contribution in [0.4, 0.5) is 20.7 Å². The van der Waals surface area contributed by atoms with Crippen molar-refractivity contribution in [3.63, 3.8) is 0 Å². The third-order valence-corrected chi connectivity index (χ3v) is 5.38. The molecule has 0 saturated carbocycles. The molecule has 0 radical (unpaired) electrons. The van der Waals surface area contributed by atoms with Crippen molar-refractivity contribution in [2.24, 2.45) is 0 Å². The molecule has 0 spiro atoms. The summed E-state index contributed by atoms with van der Waals surface area (Å²) in [6.45, 7) is 0. The van der Waals surface area contributed by atoms with E-state index in [4.69, 9.17) is 11.6 Å². The maximum Gasteiger partial charge on any atom is 0.347 e. The Bertz CT molecular complexity index is 1220. The van der Waals surface area contributed by atoms with E-state index < -0.39 is 17.8 Å². The number of para-hydroxylation sites is 1. The van der Waals surface area contributed by atoms with Crippen LogP contribution in [-0.2, 0) is 11.2 Å². The number of amides is 2. The summed E-state index contributed by atoms with van der Waals surface area (Å²) >= 11 is 7.39. The zero-order valence-corrected chi connectivity index (χ0v) is 16.4. The van der Waals surface area contributed by atoms with E-state index in [0.29, 0.717) is 20.9 Å². The van der Waals surface area contributed by atoms with Crippen LogP contribution in [0, 0.1) is 5.82 Å². The number of rotatable bonds is 4. The fraction of sp³-hybridized carbons (Fsp3) is 0.0500. The van der Waals surface area contributed by atoms with Gasteiger partial charge in [0.1, 0.15) is 10.6 Å². The van der Waals surface area contributed by atoms with E-state index in [1.54, 1.807) is 53.9 Å². The van der Waals surface area contributed by atoms with E-state index in [-0.39, 0.29) is 17.8 Å². The molecule has 0 unspecified atom stereocenters. The highest BCUT2D eigenvalue weighted by Gasteiger charge is 2.19. The van der Waals surface area contributed by atoms with Gasteiger partial charge in [-0.25, -0.2) is 9.18 Å². The highest BCUT2D eigenvalue weighted by atomic mass is 35.5. The highest BCUT2D eigenvalue weighted by molar-refractivity contribution is 7.17. The topological polar surface area (TPSA) is 76.0 Å². The summed E-state index contributed by atoms with van der Waals surface area (Å²) in [7, 11) is 0. The molecule has 0 aliphatic heterocycles. The predicted molar refractivity (Wildman–Crippen MR) is 112 cm³/mol. The molecule has 9 heteroatoms. The molecule has 4 aromatic rings. The molecule has 0 fully saturated rings. The van der Waals surface area contributed by atoms with Gasteiger partial charge in [-0.05, 0) is 35.2 Å². The van der Waals surface area contributed by atoms with Crippen LogP contribution >= 0.6 is 22.9 Å². The second-order valence-corrected chi connectivity index (χ2v) is 7.43. The molecule has 2 aromatic carbocycles. The summed E-state index contributed by atoms with van der Waals surface area (Å²) in [6.07, 6.45) is -0.142. The largest absolute Gasteiger partial charge is 0.347 e. The highest BCUT2D eigenvalue weighted by Crippen LogP contribution is 2.29. The van der Waals surface area contributed by atoms with Crippen LogP contribution in [-0.4, -0.2) is 21.7 Å². The smallest absolute Gasteiger partial charge is 0.308 e. The van der Waals surface area contributed by atoms with Crippen LogP contribution in [0.25, 0.3) is 10.2 Å². The first kappa shape index (κ1) is 19.1. The molecule has 6 nitrogen and oxygen atoms in total. The third kappa shape index (κ3) is 3.98. The fourth-order valence-corrected chi connectivity index (χ4v) is 3.83. The Morgan fingerprint density at radius 2 is 1.83 bits per heavy atom. The Kier molecular flexibility index (Phi) is 5.28. The van der Waals surface area contributed by atoms with Crippen LogP contribution < -0.4 is 10.6 Å². The van der Waals surface area contributed by atoms with Gasteiger partial charge in [0.15, 0.2) is 5.82 Å². The summed E-state index contributed by atoms with van der Waals surface area (Å²) in [4.78, 5) is 25.6. The molecule has 29 heavy (non-hydrogen) atoms. The van der Waals surface area contributed by atoms with Gasteiger partial charge in [0.2, 0.25) is 5.91 Å². The number of aromatic nitrogens is 2. The molecule has 0 bridgehead atoms. The average molecular weight is 429 g/mol. The van der Waals surface area contributed by atoms with Gasteiger partial charge in [-0.3, -0.25) is 4.79 Å². The minimum Gasteiger partial charge on any atom is -0.308 e. The zero-order chi connectivity index (χ0) is 20.4. The Morgan fingerprint density at radius 3 is 2.62 bits per heavy atom. The first-order chi connectivity index (χ1) is 14.0. The van der Waals surface area contributed by atoms with Crippen LogP contribution in [0.3, 0.4) is 0 Å². The van der Waals surface area contributed by atoms with E-state index >= 15 is 0 Å². The van der Waals surface area contributed by atoms with Crippen molar-refractivity contribution in [3.8, 4) is 0 Å². The summed E-state index contributed by atoms with van der Waals surface area (Å²) in [5.74, 6) is -0.649. The number of nitrogens with zero attached hydrogens (tertiary/aromatic N) is 2. The van der Waals surface area contributed by atoms with Crippen molar-refractivity contribution in [3.05, 3.63) is 76.4 Å². The van der Waals surface area contributed by atoms with E-state index in [1.807, 2.05) is 0 Å². The number of carbonyl (C=O) groups excluding carboxylic acids is 2. The fourth-order valence-electron chi connectivity index (χ4n) is 2.80. The van der Waals surface area contributed by atoms with E-state index in [2.05, 4.69) is 15.7 Å².